The van der Waals surface area contributed by atoms with Gasteiger partial charge in [0, 0.05) is 11.3 Å². The summed E-state index contributed by atoms with van der Waals surface area (Å²) in [6.45, 7) is 0. The van der Waals surface area contributed by atoms with Gasteiger partial charge in [-0.25, -0.2) is 13.1 Å². The molecule has 0 saturated carbocycles. The van der Waals surface area contributed by atoms with E-state index in [-0.39, 0.29) is 10.8 Å². The van der Waals surface area contributed by atoms with Gasteiger partial charge in [0.15, 0.2) is 0 Å². The monoisotopic (exact) mass is 304 g/mol. The lowest BCUT2D eigenvalue weighted by Crippen LogP contribution is -2.18. The molecule has 0 bridgehead atoms. The van der Waals surface area contributed by atoms with Gasteiger partial charge < -0.3 is 9.73 Å². The van der Waals surface area contributed by atoms with Crippen molar-refractivity contribution < 1.29 is 17.6 Å². The Hall–Kier alpha value is -2.38. The van der Waals surface area contributed by atoms with Crippen molar-refractivity contribution >= 4 is 33.3 Å². The molecule has 1 amide bonds. The average molecular weight is 304 g/mol. The van der Waals surface area contributed by atoms with Gasteiger partial charge in [0.05, 0.1) is 16.7 Å². The van der Waals surface area contributed by atoms with Crippen LogP contribution in [0, 0.1) is 0 Å². The summed E-state index contributed by atoms with van der Waals surface area (Å²) in [5.41, 5.74) is 1.48. The smallest absolute Gasteiger partial charge is 0.256 e. The third-order valence-electron chi connectivity index (χ3n) is 3.18. The Morgan fingerprint density at radius 1 is 1.29 bits per heavy atom. The number of amides is 1. The fourth-order valence-electron chi connectivity index (χ4n) is 2.11. The summed E-state index contributed by atoms with van der Waals surface area (Å²) < 4.78 is 31.1. The molecule has 0 aliphatic carbocycles. The van der Waals surface area contributed by atoms with Crippen LogP contribution >= 0.6 is 0 Å². The molecule has 0 atom stereocenters. The highest BCUT2D eigenvalue weighted by atomic mass is 32.2. The van der Waals surface area contributed by atoms with Crippen LogP contribution in [0.3, 0.4) is 0 Å². The highest BCUT2D eigenvalue weighted by Gasteiger charge is 2.26. The summed E-state index contributed by atoms with van der Waals surface area (Å²) in [5.74, 6) is 0.232. The molecule has 2 heterocycles. The molecular formula is C14H12N2O4S. The van der Waals surface area contributed by atoms with E-state index in [1.165, 1.54) is 25.4 Å². The van der Waals surface area contributed by atoms with Gasteiger partial charge >= 0.3 is 0 Å². The first-order valence-corrected chi connectivity index (χ1v) is 7.64. The molecule has 1 aliphatic heterocycles. The predicted octanol–water partition coefficient (Wildman–Crippen LogP) is 1.68. The summed E-state index contributed by atoms with van der Waals surface area (Å²) in [5, 5.41) is 2.69. The van der Waals surface area contributed by atoms with Crippen molar-refractivity contribution in [1.29, 1.82) is 0 Å². The number of rotatable bonds is 3. The number of benzene rings is 1. The molecule has 2 aromatic rings. The maximum atomic E-state index is 12.0. The molecular weight excluding hydrogens is 292 g/mol. The van der Waals surface area contributed by atoms with E-state index >= 15 is 0 Å². The van der Waals surface area contributed by atoms with Crippen molar-refractivity contribution in [2.75, 3.05) is 12.4 Å². The Balaban J connectivity index is 2.13. The van der Waals surface area contributed by atoms with Crippen molar-refractivity contribution in [2.45, 2.75) is 4.90 Å². The maximum Gasteiger partial charge on any atom is 0.256 e. The minimum Gasteiger partial charge on any atom is -0.465 e. The number of carbonyl (C=O) groups excluding carboxylic acids is 1. The Bertz CT molecular complexity index is 836. The lowest BCUT2D eigenvalue weighted by Gasteiger charge is -2.04. The van der Waals surface area contributed by atoms with E-state index < -0.39 is 10.0 Å². The van der Waals surface area contributed by atoms with Gasteiger partial charge in [-0.3, -0.25) is 4.79 Å². The number of furan rings is 1. The van der Waals surface area contributed by atoms with Crippen LogP contribution < -0.4 is 10.0 Å². The Kier molecular flexibility index (Phi) is 3.15. The van der Waals surface area contributed by atoms with Gasteiger partial charge in [0.25, 0.3) is 5.91 Å². The summed E-state index contributed by atoms with van der Waals surface area (Å²) in [4.78, 5) is 12.1. The largest absolute Gasteiger partial charge is 0.465 e. The highest BCUT2D eigenvalue weighted by Crippen LogP contribution is 2.34. The van der Waals surface area contributed by atoms with Crippen molar-refractivity contribution in [3.63, 3.8) is 0 Å². The lowest BCUT2D eigenvalue weighted by molar-refractivity contribution is -0.110. The lowest BCUT2D eigenvalue weighted by atomic mass is 10.1. The van der Waals surface area contributed by atoms with Crippen LogP contribution in [0.4, 0.5) is 5.69 Å². The first-order chi connectivity index (χ1) is 10.0. The number of nitrogens with one attached hydrogen (secondary N) is 2. The van der Waals surface area contributed by atoms with E-state index in [4.69, 9.17) is 4.42 Å². The van der Waals surface area contributed by atoms with Gasteiger partial charge in [0.1, 0.15) is 5.76 Å². The van der Waals surface area contributed by atoms with Crippen LogP contribution in [0.25, 0.3) is 11.6 Å². The van der Waals surface area contributed by atoms with Crippen LogP contribution in [0.15, 0.2) is 45.9 Å². The molecule has 0 spiro atoms. The predicted molar refractivity (Wildman–Crippen MR) is 77.9 cm³/mol. The second kappa shape index (κ2) is 4.87. The minimum absolute atomic E-state index is 0.102. The zero-order chi connectivity index (χ0) is 15.0. The summed E-state index contributed by atoms with van der Waals surface area (Å²) >= 11 is 0. The van der Waals surface area contributed by atoms with E-state index in [0.29, 0.717) is 22.6 Å². The fraction of sp³-hybridized carbons (Fsp3) is 0.0714. The molecule has 1 aliphatic rings. The van der Waals surface area contributed by atoms with Crippen LogP contribution in [0.5, 0.6) is 0 Å². The molecule has 7 heteroatoms. The van der Waals surface area contributed by atoms with Gasteiger partial charge in [0.2, 0.25) is 10.0 Å². The zero-order valence-corrected chi connectivity index (χ0v) is 11.9. The van der Waals surface area contributed by atoms with E-state index in [1.807, 2.05) is 0 Å². The van der Waals surface area contributed by atoms with Crippen molar-refractivity contribution in [3.05, 3.63) is 47.9 Å². The quantitative estimate of drug-likeness (QED) is 0.844. The average Bonchev–Trinajstić information content (AvgIpc) is 3.08. The number of carbonyl (C=O) groups is 1. The van der Waals surface area contributed by atoms with Crippen LogP contribution in [0.2, 0.25) is 0 Å². The first kappa shape index (κ1) is 13.6. The summed E-state index contributed by atoms with van der Waals surface area (Å²) in [7, 11) is -2.22. The molecule has 2 N–H and O–H groups in total. The second-order valence-electron chi connectivity index (χ2n) is 4.44. The number of hydrogen-bond donors (Lipinski definition) is 2. The molecule has 6 nitrogen and oxygen atoms in total. The van der Waals surface area contributed by atoms with Gasteiger partial charge in [-0.2, -0.15) is 0 Å². The summed E-state index contributed by atoms with van der Waals surface area (Å²) in [6.07, 6.45) is 3.08. The number of anilines is 1. The Labute approximate surface area is 121 Å². The van der Waals surface area contributed by atoms with Gasteiger partial charge in [-0.15, -0.1) is 0 Å². The molecule has 3 rings (SSSR count). The Morgan fingerprint density at radius 2 is 2.10 bits per heavy atom. The fourth-order valence-corrected chi connectivity index (χ4v) is 2.87. The maximum absolute atomic E-state index is 12.0. The van der Waals surface area contributed by atoms with E-state index in [0.717, 1.165) is 0 Å². The molecule has 1 aromatic heterocycles. The van der Waals surface area contributed by atoms with Crippen molar-refractivity contribution in [2.24, 2.45) is 0 Å². The number of fused-ring (bicyclic) bond motifs is 1. The van der Waals surface area contributed by atoms with E-state index in [2.05, 4.69) is 10.0 Å². The SMILES string of the molecule is CNS(=O)(=O)c1ccc2c(c1)C(=Cc1ccco1)C(=O)N2. The van der Waals surface area contributed by atoms with Crippen LogP contribution in [-0.4, -0.2) is 21.4 Å². The second-order valence-corrected chi connectivity index (χ2v) is 6.33. The van der Waals surface area contributed by atoms with Crippen molar-refractivity contribution in [1.82, 2.24) is 4.72 Å². The standard InChI is InChI=1S/C14H12N2O4S/c1-15-21(18,19)10-4-5-13-11(8-10)12(14(17)16-13)7-9-3-2-6-20-9/h2-8,15H,1H3,(H,16,17). The van der Waals surface area contributed by atoms with Crippen LogP contribution in [-0.2, 0) is 14.8 Å². The minimum atomic E-state index is -3.56. The number of hydrogen-bond acceptors (Lipinski definition) is 4. The van der Waals surface area contributed by atoms with E-state index in [1.54, 1.807) is 24.3 Å². The summed E-state index contributed by atoms with van der Waals surface area (Å²) in [6, 6.07) is 7.91. The molecule has 21 heavy (non-hydrogen) atoms. The third-order valence-corrected chi connectivity index (χ3v) is 4.59. The topological polar surface area (TPSA) is 88.4 Å². The molecule has 0 saturated heterocycles. The molecule has 1 aromatic carbocycles. The normalized spacial score (nSPS) is 16.0. The third kappa shape index (κ3) is 2.37. The van der Waals surface area contributed by atoms with Crippen molar-refractivity contribution in [3.8, 4) is 0 Å². The van der Waals surface area contributed by atoms with Gasteiger partial charge in [-0.05, 0) is 43.5 Å². The zero-order valence-electron chi connectivity index (χ0n) is 11.1. The van der Waals surface area contributed by atoms with E-state index in [9.17, 15) is 13.2 Å². The molecule has 0 fully saturated rings. The molecule has 108 valence electrons. The Morgan fingerprint density at radius 3 is 2.76 bits per heavy atom. The molecule has 0 radical (unpaired) electrons. The highest BCUT2D eigenvalue weighted by molar-refractivity contribution is 7.89. The number of sulfonamides is 1. The molecule has 0 unspecified atom stereocenters. The van der Waals surface area contributed by atoms with Crippen LogP contribution in [0.1, 0.15) is 11.3 Å². The first-order valence-electron chi connectivity index (χ1n) is 6.16. The van der Waals surface area contributed by atoms with Gasteiger partial charge in [-0.1, -0.05) is 0 Å².